The second-order valence-corrected chi connectivity index (χ2v) is 13.9. The molecule has 2 fully saturated rings. The molecule has 1 aliphatic heterocycles. The summed E-state index contributed by atoms with van der Waals surface area (Å²) in [6.07, 6.45) is -0.489. The Balaban J connectivity index is 1.56. The molecule has 1 aliphatic carbocycles. The first-order valence-corrected chi connectivity index (χ1v) is 17.4. The number of anilines is 1. The molecule has 51 heavy (non-hydrogen) atoms. The number of piperazine rings is 1. The molecule has 1 saturated carbocycles. The number of rotatable bonds is 12. The van der Waals surface area contributed by atoms with Crippen LogP contribution in [-0.2, 0) is 19.1 Å². The Morgan fingerprint density at radius 2 is 1.67 bits per heavy atom. The fraction of sp³-hybridized carbons (Fsp3) is 0.583. The van der Waals surface area contributed by atoms with Gasteiger partial charge in [0.15, 0.2) is 0 Å². The van der Waals surface area contributed by atoms with E-state index in [2.05, 4.69) is 25.9 Å². The number of halogens is 3. The van der Waals surface area contributed by atoms with Crippen molar-refractivity contribution in [3.8, 4) is 0 Å². The summed E-state index contributed by atoms with van der Waals surface area (Å²) in [5.41, 5.74) is 0.488. The van der Waals surface area contributed by atoms with Gasteiger partial charge in [-0.1, -0.05) is 13.0 Å². The number of amides is 4. The van der Waals surface area contributed by atoms with Crippen LogP contribution in [0.2, 0.25) is 0 Å². The Labute approximate surface area is 297 Å². The van der Waals surface area contributed by atoms with E-state index in [1.165, 1.54) is 36.2 Å². The van der Waals surface area contributed by atoms with E-state index < -0.39 is 59.6 Å². The largest absolute Gasteiger partial charge is 0.372 e. The van der Waals surface area contributed by atoms with Crippen LogP contribution in [0.4, 0.5) is 18.9 Å². The third-order valence-electron chi connectivity index (χ3n) is 10.2. The van der Waals surface area contributed by atoms with Crippen molar-refractivity contribution in [2.24, 2.45) is 5.92 Å². The zero-order chi connectivity index (χ0) is 37.6. The summed E-state index contributed by atoms with van der Waals surface area (Å²) in [6.45, 7) is 10.6. The van der Waals surface area contributed by atoms with E-state index >= 15 is 4.39 Å². The lowest BCUT2D eigenvalue weighted by atomic mass is 9.81. The molecule has 2 aliphatic rings. The number of allylic oxidation sites excluding steroid dienone is 1. The van der Waals surface area contributed by atoms with Crippen LogP contribution in [0.1, 0.15) is 88.3 Å². The minimum Gasteiger partial charge on any atom is -0.372 e. The molecule has 2 aromatic rings. The zero-order valence-corrected chi connectivity index (χ0v) is 30.3. The first-order chi connectivity index (χ1) is 24.1. The number of aromatic nitrogens is 2. The van der Waals surface area contributed by atoms with Crippen molar-refractivity contribution in [2.45, 2.75) is 96.5 Å². The highest BCUT2D eigenvalue weighted by Gasteiger charge is 2.37. The Kier molecular flexibility index (Phi) is 13.4. The van der Waals surface area contributed by atoms with Gasteiger partial charge in [-0.3, -0.25) is 23.9 Å². The number of hydrogen-bond acceptors (Lipinski definition) is 7. The van der Waals surface area contributed by atoms with E-state index in [4.69, 9.17) is 4.74 Å². The summed E-state index contributed by atoms with van der Waals surface area (Å²) in [5, 5.41) is 12.3. The highest BCUT2D eigenvalue weighted by Crippen LogP contribution is 2.34. The minimum absolute atomic E-state index is 0.0251. The van der Waals surface area contributed by atoms with Gasteiger partial charge in [-0.25, -0.2) is 4.39 Å². The van der Waals surface area contributed by atoms with Crippen molar-refractivity contribution in [1.82, 2.24) is 30.2 Å². The number of likely N-dealkylation sites (N-methyl/N-ethyl adjacent to an activating group) is 1. The molecule has 15 heteroatoms. The summed E-state index contributed by atoms with van der Waals surface area (Å²) in [4.78, 5) is 57.7. The average Bonchev–Trinajstić information content (AvgIpc) is 3.61. The van der Waals surface area contributed by atoms with Gasteiger partial charge in [0, 0.05) is 50.9 Å². The van der Waals surface area contributed by atoms with Crippen molar-refractivity contribution in [3.63, 3.8) is 0 Å². The number of carbonyl (C=O) groups is 4. The van der Waals surface area contributed by atoms with Crippen LogP contribution < -0.4 is 16.0 Å². The SMILES string of the molecule is CO[C@@H](C)C(=O)N[C@@H](C(=O)N1CCN(C)[C@H](C)C1)[C@@H](C)c1ccc(NC(=O)[C@@H](NC(=O)c2ccnn2C(C)C)C2CCC(=C(F)F)CC2)c(F)c1. The Bertz CT molecular complexity index is 1600. The molecule has 1 saturated heterocycles. The first-order valence-electron chi connectivity index (χ1n) is 17.4. The molecule has 0 unspecified atom stereocenters. The second-order valence-electron chi connectivity index (χ2n) is 13.9. The molecule has 12 nitrogen and oxygen atoms in total. The molecule has 4 amide bonds. The lowest BCUT2D eigenvalue weighted by Gasteiger charge is -2.40. The van der Waals surface area contributed by atoms with Crippen molar-refractivity contribution in [2.75, 3.05) is 39.1 Å². The normalized spacial score (nSPS) is 20.7. The number of carbonyl (C=O) groups excluding carboxylic acids is 4. The Morgan fingerprint density at radius 3 is 2.25 bits per heavy atom. The molecule has 1 aromatic carbocycles. The standard InChI is InChI=1S/C36H50F3N7O5/c1-20(2)46-29(14-15-40-46)34(48)43-31(24-8-10-25(11-9-24)32(38)39)35(49)41-28-13-12-26(18-27(28)37)22(4)30(42-33(47)23(5)51-7)36(50)45-17-16-44(6)21(3)19-45/h12-15,18,20-24,30-31H,8-11,16-17,19H2,1-7H3,(H,41,49)(H,42,47)(H,43,48)/t21-,22+,23+,30-,31+/m1/s1. The van der Waals surface area contributed by atoms with Crippen LogP contribution in [0.15, 0.2) is 42.1 Å². The second kappa shape index (κ2) is 17.3. The predicted octanol–water partition coefficient (Wildman–Crippen LogP) is 4.47. The van der Waals surface area contributed by atoms with Crippen LogP contribution in [0.25, 0.3) is 0 Å². The topological polar surface area (TPSA) is 138 Å². The lowest BCUT2D eigenvalue weighted by molar-refractivity contribution is -0.141. The summed E-state index contributed by atoms with van der Waals surface area (Å²) in [6, 6.07) is 3.44. The molecular formula is C36H50F3N7O5. The Hall–Kier alpha value is -4.24. The number of ether oxygens (including phenoxy) is 1. The van der Waals surface area contributed by atoms with Gasteiger partial charge in [-0.2, -0.15) is 13.9 Å². The zero-order valence-electron chi connectivity index (χ0n) is 30.3. The maximum absolute atomic E-state index is 15.8. The fourth-order valence-electron chi connectivity index (χ4n) is 6.57. The van der Waals surface area contributed by atoms with Crippen molar-refractivity contribution in [1.29, 1.82) is 0 Å². The molecule has 1 aromatic heterocycles. The third kappa shape index (κ3) is 9.56. The molecule has 0 bridgehead atoms. The molecule has 4 rings (SSSR count). The summed E-state index contributed by atoms with van der Waals surface area (Å²) in [5.74, 6) is -4.00. The molecule has 5 atom stereocenters. The van der Waals surface area contributed by atoms with E-state index in [1.54, 1.807) is 24.8 Å². The van der Waals surface area contributed by atoms with Crippen LogP contribution in [0, 0.1) is 11.7 Å². The highest BCUT2D eigenvalue weighted by atomic mass is 19.3. The molecule has 0 radical (unpaired) electrons. The Morgan fingerprint density at radius 1 is 0.980 bits per heavy atom. The van der Waals surface area contributed by atoms with Gasteiger partial charge in [-0.05, 0) is 95.7 Å². The molecule has 3 N–H and O–H groups in total. The van der Waals surface area contributed by atoms with Gasteiger partial charge in [-0.15, -0.1) is 0 Å². The minimum atomic E-state index is -1.73. The van der Waals surface area contributed by atoms with E-state index in [1.807, 2.05) is 27.8 Å². The quantitative estimate of drug-likeness (QED) is 0.295. The molecule has 2 heterocycles. The van der Waals surface area contributed by atoms with Gasteiger partial charge in [0.25, 0.3) is 12.0 Å². The maximum Gasteiger partial charge on any atom is 0.270 e. The summed E-state index contributed by atoms with van der Waals surface area (Å²) in [7, 11) is 3.37. The van der Waals surface area contributed by atoms with Crippen molar-refractivity contribution < 1.29 is 37.1 Å². The van der Waals surface area contributed by atoms with E-state index in [-0.39, 0.29) is 60.6 Å². The van der Waals surface area contributed by atoms with Crippen molar-refractivity contribution >= 4 is 29.3 Å². The van der Waals surface area contributed by atoms with Crippen LogP contribution in [0.3, 0.4) is 0 Å². The van der Waals surface area contributed by atoms with Gasteiger partial charge in [0.1, 0.15) is 29.7 Å². The number of methoxy groups -OCH3 is 1. The van der Waals surface area contributed by atoms with Gasteiger partial charge in [0.2, 0.25) is 17.7 Å². The number of nitrogens with zero attached hydrogens (tertiary/aromatic N) is 4. The smallest absolute Gasteiger partial charge is 0.270 e. The van der Waals surface area contributed by atoms with Crippen LogP contribution in [0.5, 0.6) is 0 Å². The van der Waals surface area contributed by atoms with Crippen molar-refractivity contribution in [3.05, 3.63) is 59.2 Å². The number of nitrogens with one attached hydrogen (secondary N) is 3. The van der Waals surface area contributed by atoms with Gasteiger partial charge in [0.05, 0.1) is 5.69 Å². The molecule has 280 valence electrons. The first kappa shape index (κ1) is 39.5. The fourth-order valence-corrected chi connectivity index (χ4v) is 6.57. The van der Waals surface area contributed by atoms with Crippen LogP contribution in [-0.4, -0.2) is 101 Å². The van der Waals surface area contributed by atoms with Crippen LogP contribution >= 0.6 is 0 Å². The average molecular weight is 718 g/mol. The van der Waals surface area contributed by atoms with E-state index in [9.17, 15) is 28.0 Å². The third-order valence-corrected chi connectivity index (χ3v) is 10.2. The van der Waals surface area contributed by atoms with E-state index in [0.29, 0.717) is 25.2 Å². The number of hydrogen-bond donors (Lipinski definition) is 3. The highest BCUT2D eigenvalue weighted by molar-refractivity contribution is 6.01. The van der Waals surface area contributed by atoms with E-state index in [0.717, 1.165) is 0 Å². The number of benzene rings is 1. The summed E-state index contributed by atoms with van der Waals surface area (Å²) < 4.78 is 49.1. The lowest BCUT2D eigenvalue weighted by Crippen LogP contribution is -2.58. The monoisotopic (exact) mass is 717 g/mol. The van der Waals surface area contributed by atoms with Gasteiger partial charge >= 0.3 is 0 Å². The maximum atomic E-state index is 15.8. The predicted molar refractivity (Wildman–Crippen MR) is 186 cm³/mol. The molecular weight excluding hydrogens is 667 g/mol. The summed E-state index contributed by atoms with van der Waals surface area (Å²) >= 11 is 0. The van der Waals surface area contributed by atoms with Gasteiger partial charge < -0.3 is 30.5 Å². The molecule has 0 spiro atoms.